The van der Waals surface area contributed by atoms with Gasteiger partial charge in [0.1, 0.15) is 0 Å². The quantitative estimate of drug-likeness (QED) is 0.620. The Morgan fingerprint density at radius 2 is 1.77 bits per heavy atom. The number of halogens is 3. The van der Waals surface area contributed by atoms with E-state index in [1.807, 2.05) is 20.8 Å². The Labute approximate surface area is 153 Å². The van der Waals surface area contributed by atoms with Crippen molar-refractivity contribution in [3.63, 3.8) is 0 Å². The van der Waals surface area contributed by atoms with Crippen molar-refractivity contribution in [1.82, 2.24) is 14.9 Å². The largest absolute Gasteiger partial charge is 0.416 e. The number of nitrogens with two attached hydrogens (primary N) is 1. The number of carbonyl (C=O) groups excluding carboxylic acids is 1. The molecule has 142 valence electrons. The number of anilines is 1. The zero-order valence-corrected chi connectivity index (χ0v) is 15.6. The normalized spacial score (nSPS) is 13.5. The fourth-order valence-corrected chi connectivity index (χ4v) is 2.84. The molecule has 6 nitrogen and oxygen atoms in total. The summed E-state index contributed by atoms with van der Waals surface area (Å²) in [5.41, 5.74) is -0.796. The first kappa shape index (κ1) is 20.1. The van der Waals surface area contributed by atoms with Crippen LogP contribution >= 0.6 is 11.8 Å². The fourth-order valence-electron chi connectivity index (χ4n) is 2.07. The highest BCUT2D eigenvalue weighted by atomic mass is 32.2. The van der Waals surface area contributed by atoms with E-state index in [1.54, 1.807) is 6.92 Å². The standard InChI is InChI=1S/C16H20F3N5OS/c1-9(26-14-23-22-13(24(14)20)15(2,3)4)12(25)21-11-7-5-10(6-8-11)16(17,18)19/h5-9H,20H2,1-4H3,(H,21,25)/t9-/m0/s1. The molecule has 0 bridgehead atoms. The fraction of sp³-hybridized carbons (Fsp3) is 0.438. The maximum absolute atomic E-state index is 12.6. The van der Waals surface area contributed by atoms with Crippen molar-refractivity contribution in [2.45, 2.75) is 49.7 Å². The molecule has 10 heteroatoms. The highest BCUT2D eigenvalue weighted by Crippen LogP contribution is 2.30. The Bertz CT molecular complexity index is 781. The second kappa shape index (κ2) is 7.18. The van der Waals surface area contributed by atoms with Gasteiger partial charge in [0.05, 0.1) is 10.8 Å². The molecule has 3 N–H and O–H groups in total. The number of nitrogen functional groups attached to an aromatic ring is 1. The zero-order valence-electron chi connectivity index (χ0n) is 14.8. The van der Waals surface area contributed by atoms with Gasteiger partial charge in [0.2, 0.25) is 11.1 Å². The minimum Gasteiger partial charge on any atom is -0.336 e. The number of thioether (sulfide) groups is 1. The van der Waals surface area contributed by atoms with Crippen molar-refractivity contribution in [3.05, 3.63) is 35.7 Å². The smallest absolute Gasteiger partial charge is 0.336 e. The molecule has 2 rings (SSSR count). The number of nitrogens with one attached hydrogen (secondary N) is 1. The van der Waals surface area contributed by atoms with Gasteiger partial charge in [-0.05, 0) is 31.2 Å². The Balaban J connectivity index is 2.03. The minimum absolute atomic E-state index is 0.278. The van der Waals surface area contributed by atoms with E-state index in [-0.39, 0.29) is 17.0 Å². The number of carbonyl (C=O) groups is 1. The van der Waals surface area contributed by atoms with Gasteiger partial charge in [0.15, 0.2) is 5.82 Å². The first-order valence-corrected chi connectivity index (χ1v) is 8.63. The summed E-state index contributed by atoms with van der Waals surface area (Å²) in [6.07, 6.45) is -4.42. The molecule has 2 aromatic rings. The van der Waals surface area contributed by atoms with Gasteiger partial charge < -0.3 is 11.2 Å². The second-order valence-corrected chi connectivity index (χ2v) is 8.06. The SMILES string of the molecule is C[C@H](Sc1nnc(C(C)(C)C)n1N)C(=O)Nc1ccc(C(F)(F)F)cc1. The molecule has 0 fully saturated rings. The summed E-state index contributed by atoms with van der Waals surface area (Å²) >= 11 is 1.11. The molecule has 1 aromatic carbocycles. The number of hydrogen-bond donors (Lipinski definition) is 2. The molecule has 0 saturated heterocycles. The van der Waals surface area contributed by atoms with E-state index in [0.717, 1.165) is 23.9 Å². The van der Waals surface area contributed by atoms with Gasteiger partial charge in [-0.1, -0.05) is 32.5 Å². The lowest BCUT2D eigenvalue weighted by atomic mass is 9.96. The first-order chi connectivity index (χ1) is 11.9. The third kappa shape index (κ3) is 4.69. The lowest BCUT2D eigenvalue weighted by Gasteiger charge is -2.17. The van der Waals surface area contributed by atoms with Gasteiger partial charge in [0, 0.05) is 11.1 Å². The van der Waals surface area contributed by atoms with Crippen molar-refractivity contribution in [2.75, 3.05) is 11.2 Å². The van der Waals surface area contributed by atoms with E-state index >= 15 is 0 Å². The van der Waals surface area contributed by atoms with Gasteiger partial charge in [0.25, 0.3) is 0 Å². The van der Waals surface area contributed by atoms with E-state index in [0.29, 0.717) is 11.0 Å². The van der Waals surface area contributed by atoms with Crippen LogP contribution in [-0.4, -0.2) is 26.0 Å². The van der Waals surface area contributed by atoms with E-state index in [9.17, 15) is 18.0 Å². The van der Waals surface area contributed by atoms with Crippen LogP contribution in [-0.2, 0) is 16.4 Å². The molecular formula is C16H20F3N5OS. The average Bonchev–Trinajstić information content (AvgIpc) is 2.88. The first-order valence-electron chi connectivity index (χ1n) is 7.75. The number of rotatable bonds is 4. The third-order valence-corrected chi connectivity index (χ3v) is 4.52. The summed E-state index contributed by atoms with van der Waals surface area (Å²) < 4.78 is 39.0. The average molecular weight is 387 g/mol. The molecular weight excluding hydrogens is 367 g/mol. The molecule has 26 heavy (non-hydrogen) atoms. The van der Waals surface area contributed by atoms with Gasteiger partial charge in [-0.2, -0.15) is 13.2 Å². The van der Waals surface area contributed by atoms with Crippen LogP contribution in [0.5, 0.6) is 0 Å². The summed E-state index contributed by atoms with van der Waals surface area (Å²) in [6.45, 7) is 7.47. The van der Waals surface area contributed by atoms with Crippen LogP contribution in [0.3, 0.4) is 0 Å². The molecule has 1 aromatic heterocycles. The van der Waals surface area contributed by atoms with Crippen LogP contribution in [0.2, 0.25) is 0 Å². The summed E-state index contributed by atoms with van der Waals surface area (Å²) in [4.78, 5) is 12.3. The maximum Gasteiger partial charge on any atom is 0.416 e. The highest BCUT2D eigenvalue weighted by Gasteiger charge is 2.30. The second-order valence-electron chi connectivity index (χ2n) is 6.75. The van der Waals surface area contributed by atoms with E-state index < -0.39 is 17.0 Å². The van der Waals surface area contributed by atoms with E-state index in [1.165, 1.54) is 16.8 Å². The molecule has 0 aliphatic carbocycles. The third-order valence-electron chi connectivity index (χ3n) is 3.47. The predicted molar refractivity (Wildman–Crippen MR) is 94.3 cm³/mol. The van der Waals surface area contributed by atoms with Crippen molar-refractivity contribution < 1.29 is 18.0 Å². The zero-order chi connectivity index (χ0) is 19.7. The number of hydrogen-bond acceptors (Lipinski definition) is 5. The van der Waals surface area contributed by atoms with Crippen molar-refractivity contribution >= 4 is 23.4 Å². The summed E-state index contributed by atoms with van der Waals surface area (Å²) in [5, 5.41) is 10.4. The topological polar surface area (TPSA) is 85.8 Å². The summed E-state index contributed by atoms with van der Waals surface area (Å²) in [5.74, 6) is 6.18. The predicted octanol–water partition coefficient (Wildman–Crippen LogP) is 3.43. The Morgan fingerprint density at radius 3 is 2.23 bits per heavy atom. The monoisotopic (exact) mass is 387 g/mol. The van der Waals surface area contributed by atoms with Crippen LogP contribution in [0.1, 0.15) is 39.1 Å². The van der Waals surface area contributed by atoms with Gasteiger partial charge in [-0.25, -0.2) is 4.68 Å². The Hall–Kier alpha value is -2.23. The summed E-state index contributed by atoms with van der Waals surface area (Å²) in [7, 11) is 0. The molecule has 0 aliphatic rings. The molecule has 0 spiro atoms. The Kier molecular flexibility index (Phi) is 5.55. The highest BCUT2D eigenvalue weighted by molar-refractivity contribution is 8.00. The van der Waals surface area contributed by atoms with Crippen molar-refractivity contribution in [2.24, 2.45) is 0 Å². The number of benzene rings is 1. The molecule has 1 atom stereocenters. The number of amides is 1. The van der Waals surface area contributed by atoms with Crippen molar-refractivity contribution in [1.29, 1.82) is 0 Å². The van der Waals surface area contributed by atoms with Gasteiger partial charge >= 0.3 is 6.18 Å². The lowest BCUT2D eigenvalue weighted by Crippen LogP contribution is -2.26. The maximum atomic E-state index is 12.6. The molecule has 0 saturated carbocycles. The molecule has 0 unspecified atom stereocenters. The minimum atomic E-state index is -4.42. The number of alkyl halides is 3. The summed E-state index contributed by atoms with van der Waals surface area (Å²) in [6, 6.07) is 4.25. The molecule has 1 heterocycles. The van der Waals surface area contributed by atoms with Crippen LogP contribution < -0.4 is 11.2 Å². The lowest BCUT2D eigenvalue weighted by molar-refractivity contribution is -0.137. The Morgan fingerprint density at radius 1 is 1.19 bits per heavy atom. The van der Waals surface area contributed by atoms with E-state index in [2.05, 4.69) is 15.5 Å². The van der Waals surface area contributed by atoms with Crippen LogP contribution in [0.15, 0.2) is 29.4 Å². The van der Waals surface area contributed by atoms with Crippen LogP contribution in [0.4, 0.5) is 18.9 Å². The van der Waals surface area contributed by atoms with Crippen molar-refractivity contribution in [3.8, 4) is 0 Å². The number of nitrogens with zero attached hydrogens (tertiary/aromatic N) is 3. The number of aromatic nitrogens is 3. The van der Waals surface area contributed by atoms with Gasteiger partial charge in [-0.3, -0.25) is 4.79 Å². The van der Waals surface area contributed by atoms with E-state index in [4.69, 9.17) is 5.84 Å². The molecule has 0 radical (unpaired) electrons. The van der Waals surface area contributed by atoms with Crippen LogP contribution in [0.25, 0.3) is 0 Å². The van der Waals surface area contributed by atoms with Crippen LogP contribution in [0, 0.1) is 0 Å². The molecule has 1 amide bonds. The molecule has 0 aliphatic heterocycles. The van der Waals surface area contributed by atoms with Gasteiger partial charge in [-0.15, -0.1) is 10.2 Å².